The molecule has 5 nitrogen and oxygen atoms in total. The Morgan fingerprint density at radius 1 is 1.47 bits per heavy atom. The smallest absolute Gasteiger partial charge is 0.233 e. The van der Waals surface area contributed by atoms with Crippen LogP contribution in [0.3, 0.4) is 0 Å². The summed E-state index contributed by atoms with van der Waals surface area (Å²) in [5.41, 5.74) is 5.90. The highest BCUT2D eigenvalue weighted by Crippen LogP contribution is 2.23. The Bertz CT molecular complexity index is 356. The minimum Gasteiger partial charge on any atom is -0.379 e. The number of aromatic nitrogens is 2. The van der Waals surface area contributed by atoms with Gasteiger partial charge in [0.05, 0.1) is 24.9 Å². The van der Waals surface area contributed by atoms with Crippen molar-refractivity contribution in [2.75, 3.05) is 19.0 Å². The number of hydrogen-bond acceptors (Lipinski definition) is 6. The van der Waals surface area contributed by atoms with Crippen molar-refractivity contribution in [3.05, 3.63) is 11.7 Å². The van der Waals surface area contributed by atoms with Gasteiger partial charge < -0.3 is 15.0 Å². The van der Waals surface area contributed by atoms with E-state index in [1.807, 2.05) is 11.8 Å². The summed E-state index contributed by atoms with van der Waals surface area (Å²) in [5.74, 6) is 4.02. The average Bonchev–Trinajstić information content (AvgIpc) is 2.86. The van der Waals surface area contributed by atoms with Gasteiger partial charge in [0.1, 0.15) is 0 Å². The summed E-state index contributed by atoms with van der Waals surface area (Å²) in [6, 6.07) is -0.0217. The van der Waals surface area contributed by atoms with Crippen molar-refractivity contribution in [3.63, 3.8) is 0 Å². The predicted octanol–water partition coefficient (Wildman–Crippen LogP) is 1.40. The topological polar surface area (TPSA) is 74.2 Å². The molecule has 1 aromatic heterocycles. The van der Waals surface area contributed by atoms with Crippen LogP contribution in [0.25, 0.3) is 0 Å². The molecule has 0 radical (unpaired) electrons. The molecule has 0 saturated carbocycles. The standard InChI is InChI=1S/C11H19N3O2S/c1-7(2)5-17-6-10-13-11(16-14-10)8-3-15-4-9(8)12/h7-9H,3-6,12H2,1-2H3. The maximum atomic E-state index is 5.90. The van der Waals surface area contributed by atoms with Crippen LogP contribution in [-0.4, -0.2) is 35.1 Å². The number of hydrogen-bond donors (Lipinski definition) is 1. The van der Waals surface area contributed by atoms with Crippen molar-refractivity contribution in [1.29, 1.82) is 0 Å². The summed E-state index contributed by atoms with van der Waals surface area (Å²) in [6.07, 6.45) is 0. The minimum absolute atomic E-state index is 0.0217. The van der Waals surface area contributed by atoms with Crippen molar-refractivity contribution in [1.82, 2.24) is 10.1 Å². The highest BCUT2D eigenvalue weighted by molar-refractivity contribution is 7.98. The van der Waals surface area contributed by atoms with Gasteiger partial charge in [0.15, 0.2) is 5.82 Å². The van der Waals surface area contributed by atoms with E-state index in [0.29, 0.717) is 25.0 Å². The summed E-state index contributed by atoms with van der Waals surface area (Å²) < 4.78 is 10.5. The second-order valence-electron chi connectivity index (χ2n) is 4.77. The van der Waals surface area contributed by atoms with Crippen molar-refractivity contribution in [2.24, 2.45) is 11.7 Å². The van der Waals surface area contributed by atoms with Crippen LogP contribution in [-0.2, 0) is 10.5 Å². The lowest BCUT2D eigenvalue weighted by atomic mass is 10.1. The number of nitrogens with zero attached hydrogens (tertiary/aromatic N) is 2. The fourth-order valence-electron chi connectivity index (χ4n) is 1.69. The lowest BCUT2D eigenvalue weighted by Crippen LogP contribution is -2.27. The maximum Gasteiger partial charge on any atom is 0.233 e. The lowest BCUT2D eigenvalue weighted by molar-refractivity contribution is 0.187. The molecular weight excluding hydrogens is 238 g/mol. The van der Waals surface area contributed by atoms with E-state index in [1.165, 1.54) is 0 Å². The third kappa shape index (κ3) is 3.43. The first-order valence-corrected chi connectivity index (χ1v) is 7.06. The summed E-state index contributed by atoms with van der Waals surface area (Å²) in [7, 11) is 0. The molecule has 17 heavy (non-hydrogen) atoms. The van der Waals surface area contributed by atoms with E-state index in [9.17, 15) is 0 Å². The molecule has 1 aromatic rings. The van der Waals surface area contributed by atoms with Crippen LogP contribution in [0.4, 0.5) is 0 Å². The first-order valence-electron chi connectivity index (χ1n) is 5.90. The highest BCUT2D eigenvalue weighted by atomic mass is 32.2. The van der Waals surface area contributed by atoms with Crippen LogP contribution in [0.15, 0.2) is 4.52 Å². The zero-order valence-corrected chi connectivity index (χ0v) is 11.1. The largest absolute Gasteiger partial charge is 0.379 e. The van der Waals surface area contributed by atoms with Crippen molar-refractivity contribution in [3.8, 4) is 0 Å². The van der Waals surface area contributed by atoms with E-state index in [1.54, 1.807) is 0 Å². The van der Waals surface area contributed by atoms with Gasteiger partial charge in [0.2, 0.25) is 5.89 Å². The van der Waals surface area contributed by atoms with Gasteiger partial charge in [-0.2, -0.15) is 16.7 Å². The van der Waals surface area contributed by atoms with Gasteiger partial charge in [-0.05, 0) is 11.7 Å². The highest BCUT2D eigenvalue weighted by Gasteiger charge is 2.31. The average molecular weight is 257 g/mol. The second-order valence-corrected chi connectivity index (χ2v) is 5.80. The molecule has 2 unspecified atom stereocenters. The SMILES string of the molecule is CC(C)CSCc1noc(C2COCC2N)n1. The van der Waals surface area contributed by atoms with Gasteiger partial charge in [-0.1, -0.05) is 19.0 Å². The molecule has 1 fully saturated rings. The number of thioether (sulfide) groups is 1. The molecule has 6 heteroatoms. The van der Waals surface area contributed by atoms with Crippen molar-refractivity contribution < 1.29 is 9.26 Å². The molecular formula is C11H19N3O2S. The van der Waals surface area contributed by atoms with Gasteiger partial charge in [-0.15, -0.1) is 0 Å². The number of nitrogens with two attached hydrogens (primary N) is 1. The molecule has 1 aliphatic rings. The maximum absolute atomic E-state index is 5.90. The molecule has 0 spiro atoms. The zero-order valence-electron chi connectivity index (χ0n) is 10.3. The van der Waals surface area contributed by atoms with Gasteiger partial charge in [-0.3, -0.25) is 0 Å². The summed E-state index contributed by atoms with van der Waals surface area (Å²) >= 11 is 1.82. The fourth-order valence-corrected chi connectivity index (χ4v) is 2.58. The van der Waals surface area contributed by atoms with E-state index in [0.717, 1.165) is 17.3 Å². The van der Waals surface area contributed by atoms with Crippen LogP contribution in [0.2, 0.25) is 0 Å². The lowest BCUT2D eigenvalue weighted by Gasteiger charge is -2.06. The van der Waals surface area contributed by atoms with Gasteiger partial charge >= 0.3 is 0 Å². The molecule has 2 atom stereocenters. The molecule has 1 aliphatic heterocycles. The second kappa shape index (κ2) is 5.84. The Labute approximate surface area is 105 Å². The quantitative estimate of drug-likeness (QED) is 0.859. The zero-order chi connectivity index (χ0) is 12.3. The van der Waals surface area contributed by atoms with Crippen molar-refractivity contribution in [2.45, 2.75) is 31.6 Å². The van der Waals surface area contributed by atoms with E-state index in [4.69, 9.17) is 15.0 Å². The fraction of sp³-hybridized carbons (Fsp3) is 0.818. The van der Waals surface area contributed by atoms with Gasteiger partial charge in [0, 0.05) is 6.04 Å². The third-order valence-corrected chi connectivity index (χ3v) is 3.97. The minimum atomic E-state index is -0.0217. The normalized spacial score (nSPS) is 24.7. The Hall–Kier alpha value is -0.590. The Morgan fingerprint density at radius 3 is 2.94 bits per heavy atom. The third-order valence-electron chi connectivity index (χ3n) is 2.61. The number of rotatable bonds is 5. The molecule has 1 saturated heterocycles. The summed E-state index contributed by atoms with van der Waals surface area (Å²) in [5, 5.41) is 3.97. The van der Waals surface area contributed by atoms with Crippen LogP contribution in [0, 0.1) is 5.92 Å². The molecule has 0 aliphatic carbocycles. The Balaban J connectivity index is 1.87. The Morgan fingerprint density at radius 2 is 2.29 bits per heavy atom. The number of ether oxygens (including phenoxy) is 1. The molecule has 96 valence electrons. The monoisotopic (exact) mass is 257 g/mol. The molecule has 2 N–H and O–H groups in total. The van der Waals surface area contributed by atoms with E-state index < -0.39 is 0 Å². The van der Waals surface area contributed by atoms with Crippen LogP contribution < -0.4 is 5.73 Å². The molecule has 0 aromatic carbocycles. The first-order chi connectivity index (χ1) is 8.16. The van der Waals surface area contributed by atoms with Crippen LogP contribution in [0.5, 0.6) is 0 Å². The van der Waals surface area contributed by atoms with E-state index >= 15 is 0 Å². The summed E-state index contributed by atoms with van der Waals surface area (Å²) in [4.78, 5) is 4.38. The van der Waals surface area contributed by atoms with Crippen molar-refractivity contribution >= 4 is 11.8 Å². The Kier molecular flexibility index (Phi) is 4.42. The molecule has 2 heterocycles. The van der Waals surface area contributed by atoms with Gasteiger partial charge in [0.25, 0.3) is 0 Å². The van der Waals surface area contributed by atoms with Gasteiger partial charge in [-0.25, -0.2) is 0 Å². The molecule has 0 amide bonds. The van der Waals surface area contributed by atoms with E-state index in [-0.39, 0.29) is 12.0 Å². The van der Waals surface area contributed by atoms with Crippen LogP contribution in [0.1, 0.15) is 31.5 Å². The van der Waals surface area contributed by atoms with Crippen LogP contribution >= 0.6 is 11.8 Å². The molecule has 2 rings (SSSR count). The molecule has 0 bridgehead atoms. The summed E-state index contributed by atoms with van der Waals surface area (Å²) in [6.45, 7) is 5.56. The predicted molar refractivity (Wildman–Crippen MR) is 66.8 cm³/mol. The van der Waals surface area contributed by atoms with E-state index in [2.05, 4.69) is 24.0 Å². The first kappa shape index (κ1) is 12.9.